The molecule has 2 fully saturated rings. The summed E-state index contributed by atoms with van der Waals surface area (Å²) in [5.41, 5.74) is 1.70. The first-order valence-electron chi connectivity index (χ1n) is 13.6. The molecule has 0 atom stereocenters. The Bertz CT molecular complexity index is 914. The van der Waals surface area contributed by atoms with Crippen LogP contribution in [0.15, 0.2) is 36.9 Å². The van der Waals surface area contributed by atoms with Gasteiger partial charge in [0.05, 0.1) is 0 Å². The molecule has 2 aromatic carbocycles. The molecule has 0 amide bonds. The Morgan fingerprint density at radius 3 is 2.03 bits per heavy atom. The number of aryl methyl sites for hydroxylation is 1. The predicted molar refractivity (Wildman–Crippen MR) is 137 cm³/mol. The smallest absolute Gasteiger partial charge is 0.166 e. The van der Waals surface area contributed by atoms with Crippen molar-refractivity contribution < 1.29 is 8.78 Å². The number of hydrogen-bond donors (Lipinski definition) is 0. The van der Waals surface area contributed by atoms with Crippen LogP contribution in [0.5, 0.6) is 0 Å². The van der Waals surface area contributed by atoms with E-state index in [1.54, 1.807) is 0 Å². The first kappa shape index (κ1) is 24.4. The Hall–Kier alpha value is -1.70. The fourth-order valence-electron chi connectivity index (χ4n) is 6.53. The number of rotatable bonds is 9. The summed E-state index contributed by atoms with van der Waals surface area (Å²) in [6.07, 6.45) is 19.1. The lowest BCUT2D eigenvalue weighted by Crippen LogP contribution is -2.18. The largest absolute Gasteiger partial charge is 0.203 e. The Morgan fingerprint density at radius 2 is 1.42 bits per heavy atom. The Balaban J connectivity index is 1.29. The van der Waals surface area contributed by atoms with E-state index in [2.05, 4.69) is 25.6 Å². The van der Waals surface area contributed by atoms with Crippen LogP contribution in [0.4, 0.5) is 8.78 Å². The molecule has 0 N–H and O–H groups in total. The zero-order valence-corrected chi connectivity index (χ0v) is 20.6. The minimum absolute atomic E-state index is 0.163. The highest BCUT2D eigenvalue weighted by Crippen LogP contribution is 2.42. The molecular weight excluding hydrogens is 410 g/mol. The maximum Gasteiger partial charge on any atom is 0.166 e. The van der Waals surface area contributed by atoms with Crippen molar-refractivity contribution in [3.8, 4) is 0 Å². The van der Waals surface area contributed by atoms with Crippen LogP contribution in [-0.4, -0.2) is 0 Å². The Kier molecular flexibility index (Phi) is 8.61. The van der Waals surface area contributed by atoms with Crippen LogP contribution in [0.25, 0.3) is 10.8 Å². The number of allylic oxidation sites excluding steroid dienone is 1. The van der Waals surface area contributed by atoms with Crippen LogP contribution >= 0.6 is 0 Å². The van der Waals surface area contributed by atoms with Crippen molar-refractivity contribution in [2.24, 2.45) is 17.8 Å². The van der Waals surface area contributed by atoms with E-state index in [4.69, 9.17) is 0 Å². The first-order chi connectivity index (χ1) is 16.1. The zero-order valence-electron chi connectivity index (χ0n) is 20.6. The van der Waals surface area contributed by atoms with E-state index in [-0.39, 0.29) is 5.92 Å². The fraction of sp³-hybridized carbons (Fsp3) is 0.613. The van der Waals surface area contributed by atoms with Crippen LogP contribution in [0.2, 0.25) is 0 Å². The standard InChI is InChI=1S/C31H42F2/c1-3-5-7-22-8-10-23(11-9-22)12-13-24-14-17-26(18-15-24)29-21-27-19-16-25(6-4-2)20-28(27)30(32)31(29)33/h3,16,19-24,26H,1,4-15,17-18H2,2H3. The second-order valence-corrected chi connectivity index (χ2v) is 10.9. The lowest BCUT2D eigenvalue weighted by atomic mass is 9.73. The number of benzene rings is 2. The van der Waals surface area contributed by atoms with E-state index in [0.717, 1.165) is 67.2 Å². The van der Waals surface area contributed by atoms with Gasteiger partial charge in [-0.2, -0.15) is 0 Å². The summed E-state index contributed by atoms with van der Waals surface area (Å²) < 4.78 is 30.0. The van der Waals surface area contributed by atoms with Gasteiger partial charge in [0.1, 0.15) is 0 Å². The topological polar surface area (TPSA) is 0 Å². The lowest BCUT2D eigenvalue weighted by Gasteiger charge is -2.32. The van der Waals surface area contributed by atoms with E-state index in [1.165, 1.54) is 51.4 Å². The van der Waals surface area contributed by atoms with Gasteiger partial charge in [-0.3, -0.25) is 0 Å². The molecule has 33 heavy (non-hydrogen) atoms. The van der Waals surface area contributed by atoms with Crippen LogP contribution in [0, 0.1) is 29.4 Å². The average Bonchev–Trinajstić information content (AvgIpc) is 2.85. The van der Waals surface area contributed by atoms with Gasteiger partial charge >= 0.3 is 0 Å². The molecule has 2 aliphatic carbocycles. The zero-order chi connectivity index (χ0) is 23.2. The predicted octanol–water partition coefficient (Wildman–Crippen LogP) is 9.90. The highest BCUT2D eigenvalue weighted by Gasteiger charge is 2.28. The third-order valence-electron chi connectivity index (χ3n) is 8.67. The van der Waals surface area contributed by atoms with Gasteiger partial charge in [0, 0.05) is 5.39 Å². The van der Waals surface area contributed by atoms with Crippen molar-refractivity contribution in [3.63, 3.8) is 0 Å². The van der Waals surface area contributed by atoms with E-state index in [1.807, 2.05) is 18.2 Å². The Labute approximate surface area is 199 Å². The third-order valence-corrected chi connectivity index (χ3v) is 8.67. The van der Waals surface area contributed by atoms with Crippen molar-refractivity contribution in [3.05, 3.63) is 59.7 Å². The fourth-order valence-corrected chi connectivity index (χ4v) is 6.53. The molecule has 0 nitrogen and oxygen atoms in total. The minimum Gasteiger partial charge on any atom is -0.203 e. The third kappa shape index (κ3) is 6.06. The summed E-state index contributed by atoms with van der Waals surface area (Å²) >= 11 is 0. The summed E-state index contributed by atoms with van der Waals surface area (Å²) in [7, 11) is 0. The second-order valence-electron chi connectivity index (χ2n) is 10.9. The van der Waals surface area contributed by atoms with Crippen LogP contribution in [-0.2, 0) is 6.42 Å². The Morgan fingerprint density at radius 1 is 0.818 bits per heavy atom. The van der Waals surface area contributed by atoms with Crippen LogP contribution in [0.1, 0.15) is 107 Å². The molecule has 0 heterocycles. The molecule has 0 aliphatic heterocycles. The molecule has 0 spiro atoms. The minimum atomic E-state index is -0.647. The van der Waals surface area contributed by atoms with Gasteiger partial charge in [0.15, 0.2) is 11.6 Å². The van der Waals surface area contributed by atoms with Gasteiger partial charge in [-0.25, -0.2) is 8.78 Å². The molecule has 0 unspecified atom stereocenters. The van der Waals surface area contributed by atoms with E-state index < -0.39 is 11.6 Å². The lowest BCUT2D eigenvalue weighted by molar-refractivity contribution is 0.224. The number of halogens is 2. The summed E-state index contributed by atoms with van der Waals surface area (Å²) in [5, 5.41) is 1.28. The first-order valence-corrected chi connectivity index (χ1v) is 13.6. The van der Waals surface area contributed by atoms with E-state index in [0.29, 0.717) is 10.9 Å². The molecule has 2 heteroatoms. The molecule has 4 rings (SSSR count). The molecule has 0 saturated heterocycles. The van der Waals surface area contributed by atoms with Gasteiger partial charge in [-0.15, -0.1) is 6.58 Å². The highest BCUT2D eigenvalue weighted by molar-refractivity contribution is 5.85. The monoisotopic (exact) mass is 452 g/mol. The van der Waals surface area contributed by atoms with Gasteiger partial charge in [-0.05, 0) is 97.3 Å². The average molecular weight is 453 g/mol. The van der Waals surface area contributed by atoms with E-state index >= 15 is 4.39 Å². The van der Waals surface area contributed by atoms with Crippen molar-refractivity contribution in [2.45, 2.75) is 103 Å². The highest BCUT2D eigenvalue weighted by atomic mass is 19.2. The molecular formula is C31H42F2. The summed E-state index contributed by atoms with van der Waals surface area (Å²) in [5.74, 6) is 1.51. The molecule has 180 valence electrons. The van der Waals surface area contributed by atoms with Crippen LogP contribution < -0.4 is 0 Å². The number of hydrogen-bond acceptors (Lipinski definition) is 0. The molecule has 0 bridgehead atoms. The molecule has 0 radical (unpaired) electrons. The number of fused-ring (bicyclic) bond motifs is 1. The maximum atomic E-state index is 15.1. The van der Waals surface area contributed by atoms with Crippen molar-refractivity contribution in [1.29, 1.82) is 0 Å². The quantitative estimate of drug-likeness (QED) is 0.332. The SMILES string of the molecule is C=CCCC1CCC(CCC2CCC(c3cc4ccc(CCC)cc4c(F)c3F)CC2)CC1. The molecule has 2 saturated carbocycles. The van der Waals surface area contributed by atoms with Gasteiger partial charge in [0.2, 0.25) is 0 Å². The van der Waals surface area contributed by atoms with Crippen LogP contribution in [0.3, 0.4) is 0 Å². The van der Waals surface area contributed by atoms with Gasteiger partial charge < -0.3 is 0 Å². The van der Waals surface area contributed by atoms with Crippen molar-refractivity contribution in [2.75, 3.05) is 0 Å². The molecule has 0 aromatic heterocycles. The van der Waals surface area contributed by atoms with Crippen molar-refractivity contribution >= 4 is 10.8 Å². The maximum absolute atomic E-state index is 15.1. The van der Waals surface area contributed by atoms with Crippen molar-refractivity contribution in [1.82, 2.24) is 0 Å². The summed E-state index contributed by atoms with van der Waals surface area (Å²) in [4.78, 5) is 0. The normalized spacial score (nSPS) is 25.9. The summed E-state index contributed by atoms with van der Waals surface area (Å²) in [6, 6.07) is 7.81. The van der Waals surface area contributed by atoms with Gasteiger partial charge in [0.25, 0.3) is 0 Å². The van der Waals surface area contributed by atoms with Gasteiger partial charge in [-0.1, -0.05) is 70.1 Å². The summed E-state index contributed by atoms with van der Waals surface area (Å²) in [6.45, 7) is 5.97. The second kappa shape index (κ2) is 11.6. The van der Waals surface area contributed by atoms with E-state index in [9.17, 15) is 4.39 Å². The molecule has 2 aliphatic rings. The molecule has 2 aromatic rings.